The van der Waals surface area contributed by atoms with Gasteiger partial charge in [-0.25, -0.2) is 0 Å². The minimum Gasteiger partial charge on any atom is -0.369 e. The van der Waals surface area contributed by atoms with Crippen LogP contribution in [0.5, 0.6) is 0 Å². The van der Waals surface area contributed by atoms with Crippen LogP contribution >= 0.6 is 15.9 Å². The molecule has 1 aromatic carbocycles. The summed E-state index contributed by atoms with van der Waals surface area (Å²) in [7, 11) is 0. The molecule has 0 amide bonds. The molecule has 3 N–H and O–H groups in total. The van der Waals surface area contributed by atoms with Gasteiger partial charge in [0, 0.05) is 10.4 Å². The van der Waals surface area contributed by atoms with E-state index in [-0.39, 0.29) is 17.2 Å². The van der Waals surface area contributed by atoms with Crippen molar-refractivity contribution < 1.29 is 4.74 Å². The van der Waals surface area contributed by atoms with E-state index >= 15 is 0 Å². The summed E-state index contributed by atoms with van der Waals surface area (Å²) >= 11 is 3.55. The summed E-state index contributed by atoms with van der Waals surface area (Å²) in [6.07, 6.45) is 0.987. The van der Waals surface area contributed by atoms with E-state index in [1.54, 1.807) is 0 Å². The third-order valence-electron chi connectivity index (χ3n) is 4.30. The molecule has 2 atom stereocenters. The Labute approximate surface area is 130 Å². The Hall–Kier alpha value is -0.420. The van der Waals surface area contributed by atoms with Crippen molar-refractivity contribution >= 4 is 15.9 Å². The summed E-state index contributed by atoms with van der Waals surface area (Å²) in [5, 5.41) is 0. The highest BCUT2D eigenvalue weighted by Crippen LogP contribution is 2.48. The van der Waals surface area contributed by atoms with Crippen LogP contribution in [0.2, 0.25) is 0 Å². The van der Waals surface area contributed by atoms with Gasteiger partial charge in [0.1, 0.15) is 0 Å². The minimum absolute atomic E-state index is 0.0873. The molecule has 1 saturated heterocycles. The molecular weight excluding hydrogens is 316 g/mol. The van der Waals surface area contributed by atoms with Gasteiger partial charge in [-0.15, -0.1) is 0 Å². The van der Waals surface area contributed by atoms with Gasteiger partial charge < -0.3 is 4.74 Å². The number of nitrogens with two attached hydrogens (primary N) is 1. The first-order valence-electron chi connectivity index (χ1n) is 7.09. The van der Waals surface area contributed by atoms with E-state index in [9.17, 15) is 0 Å². The zero-order valence-electron chi connectivity index (χ0n) is 13.0. The fraction of sp³-hybridized carbons (Fsp3) is 0.625. The Morgan fingerprint density at radius 3 is 2.50 bits per heavy atom. The number of ether oxygens (including phenoxy) is 1. The summed E-state index contributed by atoms with van der Waals surface area (Å²) < 4.78 is 7.29. The second-order valence-electron chi connectivity index (χ2n) is 6.92. The fourth-order valence-electron chi connectivity index (χ4n) is 3.49. The van der Waals surface area contributed by atoms with Crippen LogP contribution in [0, 0.1) is 12.8 Å². The maximum absolute atomic E-state index is 6.22. The van der Waals surface area contributed by atoms with Gasteiger partial charge in [-0.3, -0.25) is 11.3 Å². The molecule has 0 spiro atoms. The Bertz CT molecular complexity index is 499. The maximum atomic E-state index is 6.22. The van der Waals surface area contributed by atoms with Crippen molar-refractivity contribution in [2.45, 2.75) is 58.3 Å². The molecule has 1 heterocycles. The molecule has 2 unspecified atom stereocenters. The zero-order chi connectivity index (χ0) is 15.1. The molecule has 3 nitrogen and oxygen atoms in total. The number of nitrogens with one attached hydrogen (secondary N) is 1. The molecule has 4 heteroatoms. The lowest BCUT2D eigenvalue weighted by Crippen LogP contribution is -2.41. The van der Waals surface area contributed by atoms with E-state index in [4.69, 9.17) is 10.6 Å². The lowest BCUT2D eigenvalue weighted by atomic mass is 9.78. The van der Waals surface area contributed by atoms with Gasteiger partial charge in [0.2, 0.25) is 0 Å². The first kappa shape index (κ1) is 16.0. The van der Waals surface area contributed by atoms with E-state index in [1.165, 1.54) is 11.1 Å². The molecule has 1 fully saturated rings. The molecule has 0 aliphatic carbocycles. The average molecular weight is 341 g/mol. The minimum atomic E-state index is -0.199. The van der Waals surface area contributed by atoms with E-state index in [1.807, 2.05) is 0 Å². The molecule has 1 aliphatic rings. The molecule has 0 bridgehead atoms. The van der Waals surface area contributed by atoms with Crippen LogP contribution in [-0.4, -0.2) is 11.2 Å². The first-order valence-corrected chi connectivity index (χ1v) is 7.88. The Kier molecular flexibility index (Phi) is 4.32. The van der Waals surface area contributed by atoms with E-state index < -0.39 is 0 Å². The highest BCUT2D eigenvalue weighted by molar-refractivity contribution is 9.10. The second kappa shape index (κ2) is 5.41. The lowest BCUT2D eigenvalue weighted by Gasteiger charge is -2.33. The number of aryl methyl sites for hydroxylation is 1. The van der Waals surface area contributed by atoms with E-state index in [0.29, 0.717) is 5.92 Å². The van der Waals surface area contributed by atoms with Crippen molar-refractivity contribution in [1.82, 2.24) is 5.43 Å². The van der Waals surface area contributed by atoms with Crippen LogP contribution in [0.25, 0.3) is 0 Å². The normalized spacial score (nSPS) is 25.6. The van der Waals surface area contributed by atoms with Gasteiger partial charge in [-0.2, -0.15) is 0 Å². The largest absolute Gasteiger partial charge is 0.369 e. The number of rotatable bonds is 3. The Morgan fingerprint density at radius 1 is 1.35 bits per heavy atom. The number of hydrogen-bond donors (Lipinski definition) is 2. The predicted molar refractivity (Wildman–Crippen MR) is 86.3 cm³/mol. The Morgan fingerprint density at radius 2 is 2.00 bits per heavy atom. The molecule has 1 aliphatic heterocycles. The van der Waals surface area contributed by atoms with Crippen molar-refractivity contribution in [3.05, 3.63) is 33.8 Å². The summed E-state index contributed by atoms with van der Waals surface area (Å²) in [6, 6.07) is 6.43. The van der Waals surface area contributed by atoms with Gasteiger partial charge in [-0.1, -0.05) is 22.0 Å². The molecule has 0 saturated carbocycles. The van der Waals surface area contributed by atoms with Gasteiger partial charge in [0.15, 0.2) is 0 Å². The lowest BCUT2D eigenvalue weighted by molar-refractivity contribution is -0.0779. The van der Waals surface area contributed by atoms with Crippen molar-refractivity contribution in [3.63, 3.8) is 0 Å². The maximum Gasteiger partial charge on any atom is 0.0681 e. The van der Waals surface area contributed by atoms with Crippen LogP contribution < -0.4 is 11.3 Å². The van der Waals surface area contributed by atoms with Crippen molar-refractivity contribution in [3.8, 4) is 0 Å². The highest BCUT2D eigenvalue weighted by Gasteiger charge is 2.49. The average Bonchev–Trinajstić information content (AvgIpc) is 2.53. The summed E-state index contributed by atoms with van der Waals surface area (Å²) in [5.74, 6) is 6.22. The zero-order valence-corrected chi connectivity index (χ0v) is 14.5. The van der Waals surface area contributed by atoms with E-state index in [0.717, 1.165) is 10.9 Å². The quantitative estimate of drug-likeness (QED) is 0.648. The molecule has 1 aromatic rings. The van der Waals surface area contributed by atoms with Crippen molar-refractivity contribution in [2.75, 3.05) is 0 Å². The number of halogens is 1. The number of hydrazine groups is 1. The summed E-state index contributed by atoms with van der Waals surface area (Å²) in [4.78, 5) is 0. The van der Waals surface area contributed by atoms with Gasteiger partial charge in [-0.05, 0) is 64.3 Å². The number of benzene rings is 1. The molecule has 112 valence electrons. The SMILES string of the molecule is Cc1ccc(Br)cc1C(NN)C1CC(C)(C)OC1(C)C. The standard InChI is InChI=1S/C16H25BrN2O/c1-10-6-7-11(17)8-12(10)14(19-18)13-9-15(2,3)20-16(13,4)5/h6-8,13-14,19H,9,18H2,1-5H3. The smallest absolute Gasteiger partial charge is 0.0681 e. The first-order chi connectivity index (χ1) is 9.16. The van der Waals surface area contributed by atoms with Crippen LogP contribution in [-0.2, 0) is 4.74 Å². The molecule has 0 radical (unpaired) electrons. The van der Waals surface area contributed by atoms with Crippen LogP contribution in [0.1, 0.15) is 51.3 Å². The Balaban J connectivity index is 2.40. The van der Waals surface area contributed by atoms with E-state index in [2.05, 4.69) is 74.2 Å². The third kappa shape index (κ3) is 3.08. The second-order valence-corrected chi connectivity index (χ2v) is 7.84. The van der Waals surface area contributed by atoms with Crippen molar-refractivity contribution in [2.24, 2.45) is 11.8 Å². The van der Waals surface area contributed by atoms with Gasteiger partial charge >= 0.3 is 0 Å². The summed E-state index contributed by atoms with van der Waals surface area (Å²) in [6.45, 7) is 10.7. The van der Waals surface area contributed by atoms with Crippen LogP contribution in [0.4, 0.5) is 0 Å². The monoisotopic (exact) mass is 340 g/mol. The molecular formula is C16H25BrN2O. The predicted octanol–water partition coefficient (Wildman–Crippen LogP) is 3.86. The topological polar surface area (TPSA) is 47.3 Å². The van der Waals surface area contributed by atoms with Gasteiger partial charge in [0.05, 0.1) is 17.2 Å². The third-order valence-corrected chi connectivity index (χ3v) is 4.80. The van der Waals surface area contributed by atoms with Crippen LogP contribution in [0.15, 0.2) is 22.7 Å². The van der Waals surface area contributed by atoms with Crippen LogP contribution in [0.3, 0.4) is 0 Å². The van der Waals surface area contributed by atoms with Gasteiger partial charge in [0.25, 0.3) is 0 Å². The number of hydrogen-bond acceptors (Lipinski definition) is 3. The van der Waals surface area contributed by atoms with Crippen molar-refractivity contribution in [1.29, 1.82) is 0 Å². The molecule has 0 aromatic heterocycles. The fourth-order valence-corrected chi connectivity index (χ4v) is 3.87. The molecule has 20 heavy (non-hydrogen) atoms. The summed E-state index contributed by atoms with van der Waals surface area (Å²) in [5.41, 5.74) is 5.20. The highest BCUT2D eigenvalue weighted by atomic mass is 79.9. The molecule has 2 rings (SSSR count).